The lowest BCUT2D eigenvalue weighted by atomic mass is 9.74. The molecule has 0 unspecified atom stereocenters. The van der Waals surface area contributed by atoms with Crippen molar-refractivity contribution in [3.05, 3.63) is 30.1 Å². The fraction of sp³-hybridized carbons (Fsp3) is 0.560. The van der Waals surface area contributed by atoms with Crippen LogP contribution in [0.2, 0.25) is 0 Å². The first-order valence-electron chi connectivity index (χ1n) is 12.7. The van der Waals surface area contributed by atoms with Crippen LogP contribution in [0.1, 0.15) is 44.1 Å². The van der Waals surface area contributed by atoms with Crippen LogP contribution in [0.25, 0.3) is 0 Å². The highest BCUT2D eigenvalue weighted by Gasteiger charge is 2.47. The van der Waals surface area contributed by atoms with Gasteiger partial charge in [-0.15, -0.1) is 0 Å². The minimum absolute atomic E-state index is 0.0688. The van der Waals surface area contributed by atoms with E-state index in [1.807, 2.05) is 18.5 Å². The Morgan fingerprint density at radius 3 is 2.57 bits per heavy atom. The number of anilines is 4. The third-order valence-electron chi connectivity index (χ3n) is 7.69. The maximum absolute atomic E-state index is 13.2. The van der Waals surface area contributed by atoms with Crippen molar-refractivity contribution in [1.29, 1.82) is 0 Å². The number of hydrogen-bond donors (Lipinski definition) is 3. The van der Waals surface area contributed by atoms with Gasteiger partial charge in [0.25, 0.3) is 0 Å². The summed E-state index contributed by atoms with van der Waals surface area (Å²) in [6.07, 6.45) is 9.03. The zero-order chi connectivity index (χ0) is 23.8. The number of aryl methyl sites for hydroxylation is 1. The predicted molar refractivity (Wildman–Crippen MR) is 133 cm³/mol. The summed E-state index contributed by atoms with van der Waals surface area (Å²) in [4.78, 5) is 43.5. The van der Waals surface area contributed by atoms with E-state index in [2.05, 4.69) is 36.9 Å². The van der Waals surface area contributed by atoms with Crippen molar-refractivity contribution in [3.63, 3.8) is 0 Å². The average Bonchev–Trinajstić information content (AvgIpc) is 3.31. The Bertz CT molecular complexity index is 1100. The molecule has 3 aliphatic heterocycles. The van der Waals surface area contributed by atoms with Gasteiger partial charge < -0.3 is 20.9 Å². The molecule has 0 bridgehead atoms. The van der Waals surface area contributed by atoms with Crippen LogP contribution in [-0.2, 0) is 16.0 Å². The van der Waals surface area contributed by atoms with Crippen molar-refractivity contribution < 1.29 is 9.59 Å². The summed E-state index contributed by atoms with van der Waals surface area (Å²) in [5.74, 6) is 1.28. The van der Waals surface area contributed by atoms with E-state index in [1.54, 1.807) is 4.90 Å². The number of nitrogens with zero attached hydrogens (tertiary/aromatic N) is 5. The molecule has 5 heterocycles. The maximum Gasteiger partial charge on any atom is 0.237 e. The summed E-state index contributed by atoms with van der Waals surface area (Å²) in [5.41, 5.74) is 2.52. The summed E-state index contributed by atoms with van der Waals surface area (Å²) < 4.78 is 0. The van der Waals surface area contributed by atoms with E-state index in [9.17, 15) is 9.59 Å². The zero-order valence-electron chi connectivity index (χ0n) is 19.9. The lowest BCUT2D eigenvalue weighted by Gasteiger charge is -2.57. The second-order valence-electron chi connectivity index (χ2n) is 10.4. The van der Waals surface area contributed by atoms with Crippen molar-refractivity contribution in [3.8, 4) is 0 Å². The Labute approximate surface area is 204 Å². The molecule has 10 heteroatoms. The number of amides is 2. The van der Waals surface area contributed by atoms with Crippen LogP contribution in [0.3, 0.4) is 0 Å². The van der Waals surface area contributed by atoms with Crippen LogP contribution in [-0.4, -0.2) is 65.5 Å². The van der Waals surface area contributed by atoms with Crippen LogP contribution in [0.15, 0.2) is 24.5 Å². The molecule has 4 aliphatic rings. The minimum Gasteiger partial charge on any atom is -0.369 e. The molecule has 2 amide bonds. The smallest absolute Gasteiger partial charge is 0.237 e. The summed E-state index contributed by atoms with van der Waals surface area (Å²) >= 11 is 0. The third kappa shape index (κ3) is 4.42. The molecule has 2 aromatic heterocycles. The van der Waals surface area contributed by atoms with Gasteiger partial charge in [0.1, 0.15) is 18.1 Å². The molecule has 35 heavy (non-hydrogen) atoms. The van der Waals surface area contributed by atoms with E-state index in [0.717, 1.165) is 69.5 Å². The van der Waals surface area contributed by atoms with Crippen LogP contribution < -0.4 is 25.8 Å². The monoisotopic (exact) mass is 476 g/mol. The fourth-order valence-electron chi connectivity index (χ4n) is 5.70. The van der Waals surface area contributed by atoms with Crippen molar-refractivity contribution >= 4 is 35.1 Å². The van der Waals surface area contributed by atoms with Gasteiger partial charge in [-0.3, -0.25) is 14.5 Å². The molecule has 2 saturated heterocycles. The number of carbonyl (C=O) groups is 2. The lowest BCUT2D eigenvalue weighted by molar-refractivity contribution is -0.128. The molecule has 0 radical (unpaired) electrons. The van der Waals surface area contributed by atoms with Crippen molar-refractivity contribution in [2.24, 2.45) is 5.41 Å². The van der Waals surface area contributed by atoms with E-state index in [1.165, 1.54) is 0 Å². The second kappa shape index (κ2) is 9.07. The molecule has 0 atom stereocenters. The van der Waals surface area contributed by atoms with Gasteiger partial charge in [0.2, 0.25) is 17.8 Å². The topological polar surface area (TPSA) is 115 Å². The summed E-state index contributed by atoms with van der Waals surface area (Å²) in [6.45, 7) is 4.91. The number of fused-ring (bicyclic) bond motifs is 1. The van der Waals surface area contributed by atoms with Crippen LogP contribution >= 0.6 is 0 Å². The molecular weight excluding hydrogens is 444 g/mol. The molecule has 0 aromatic carbocycles. The minimum atomic E-state index is -0.222. The van der Waals surface area contributed by atoms with Crippen molar-refractivity contribution in [1.82, 2.24) is 25.6 Å². The van der Waals surface area contributed by atoms with Crippen LogP contribution in [0.4, 0.5) is 23.3 Å². The molecule has 10 nitrogen and oxygen atoms in total. The zero-order valence-corrected chi connectivity index (χ0v) is 19.9. The SMILES string of the molecule is O=C1CC(=O)N(C2CCCC2)c2nc(Nc3ccc(N4CC5(CNC5)C4)cn3)ncc2CCCN1. The standard InChI is InChI=1S/C25H32N8O2/c34-21-10-22(35)33(18-5-1-2-6-18)23-17(4-3-9-27-21)11-29-24(31-23)30-20-8-7-19(12-28-20)32-15-25(16-32)13-26-14-25/h7-8,11-12,18,26H,1-6,9-10,13-16H2,(H,27,34)(H,28,29,30,31). The number of hydrogen-bond acceptors (Lipinski definition) is 8. The van der Waals surface area contributed by atoms with Crippen molar-refractivity contribution in [2.45, 2.75) is 51.0 Å². The molecule has 1 spiro atoms. The Hall–Kier alpha value is -3.27. The Morgan fingerprint density at radius 2 is 1.86 bits per heavy atom. The quantitative estimate of drug-likeness (QED) is 0.572. The van der Waals surface area contributed by atoms with E-state index in [0.29, 0.717) is 36.0 Å². The molecule has 6 rings (SSSR count). The highest BCUT2D eigenvalue weighted by molar-refractivity contribution is 6.05. The van der Waals surface area contributed by atoms with Gasteiger partial charge in [0.15, 0.2) is 0 Å². The average molecular weight is 477 g/mol. The molecular formula is C25H32N8O2. The number of carbonyl (C=O) groups excluding carboxylic acids is 2. The number of rotatable bonds is 4. The number of nitrogens with one attached hydrogen (secondary N) is 3. The van der Waals surface area contributed by atoms with Gasteiger partial charge in [0, 0.05) is 55.9 Å². The van der Waals surface area contributed by atoms with Gasteiger partial charge in [-0.2, -0.15) is 4.98 Å². The molecule has 1 saturated carbocycles. The first-order chi connectivity index (χ1) is 17.1. The van der Waals surface area contributed by atoms with Crippen LogP contribution in [0, 0.1) is 5.41 Å². The fourth-order valence-corrected chi connectivity index (χ4v) is 5.70. The first kappa shape index (κ1) is 22.2. The Kier molecular flexibility index (Phi) is 5.75. The van der Waals surface area contributed by atoms with Gasteiger partial charge in [-0.25, -0.2) is 9.97 Å². The summed E-state index contributed by atoms with van der Waals surface area (Å²) in [6, 6.07) is 4.08. The van der Waals surface area contributed by atoms with E-state index >= 15 is 0 Å². The highest BCUT2D eigenvalue weighted by atomic mass is 16.2. The van der Waals surface area contributed by atoms with Crippen LogP contribution in [0.5, 0.6) is 0 Å². The Morgan fingerprint density at radius 1 is 1.03 bits per heavy atom. The third-order valence-corrected chi connectivity index (χ3v) is 7.69. The predicted octanol–water partition coefficient (Wildman–Crippen LogP) is 1.75. The molecule has 3 N–H and O–H groups in total. The highest BCUT2D eigenvalue weighted by Crippen LogP contribution is 2.37. The maximum atomic E-state index is 13.2. The lowest BCUT2D eigenvalue weighted by Crippen LogP contribution is -2.71. The Balaban J connectivity index is 1.23. The summed E-state index contributed by atoms with van der Waals surface area (Å²) in [7, 11) is 0. The van der Waals surface area contributed by atoms with Crippen molar-refractivity contribution in [2.75, 3.05) is 47.8 Å². The summed E-state index contributed by atoms with van der Waals surface area (Å²) in [5, 5.41) is 9.42. The molecule has 3 fully saturated rings. The van der Waals surface area contributed by atoms with Gasteiger partial charge in [0.05, 0.1) is 11.9 Å². The van der Waals surface area contributed by atoms with E-state index in [-0.39, 0.29) is 24.3 Å². The number of pyridine rings is 1. The first-order valence-corrected chi connectivity index (χ1v) is 12.7. The molecule has 1 aliphatic carbocycles. The van der Waals surface area contributed by atoms with E-state index < -0.39 is 0 Å². The number of aromatic nitrogens is 3. The second-order valence-corrected chi connectivity index (χ2v) is 10.4. The van der Waals surface area contributed by atoms with Gasteiger partial charge in [-0.05, 0) is 37.8 Å². The molecule has 2 aromatic rings. The van der Waals surface area contributed by atoms with Gasteiger partial charge in [-0.1, -0.05) is 12.8 Å². The normalized spacial score (nSPS) is 22.3. The molecule has 184 valence electrons. The van der Waals surface area contributed by atoms with Gasteiger partial charge >= 0.3 is 0 Å². The largest absolute Gasteiger partial charge is 0.369 e. The van der Waals surface area contributed by atoms with E-state index in [4.69, 9.17) is 4.98 Å².